The largest absolute Gasteiger partial charge is 0.480 e. The van der Waals surface area contributed by atoms with Crippen LogP contribution in [-0.4, -0.2) is 71.2 Å². The molecular weight excluding hydrogens is 454 g/mol. The number of amides is 1. The Balaban J connectivity index is -0.000000660. The maximum Gasteiger partial charge on any atom is 0.320 e. The van der Waals surface area contributed by atoms with Crippen LogP contribution in [0.1, 0.15) is 93.4 Å². The number of aliphatic hydroxyl groups is 1. The normalized spacial score (nSPS) is 13.7. The molecule has 0 rings (SSSR count). The summed E-state index contributed by atoms with van der Waals surface area (Å²) in [4.78, 5) is 43.3. The van der Waals surface area contributed by atoms with Gasteiger partial charge in [0, 0.05) is 12.8 Å². The van der Waals surface area contributed by atoms with E-state index in [2.05, 4.69) is 45.3 Å². The van der Waals surface area contributed by atoms with Crippen LogP contribution in [0.15, 0.2) is 0 Å². The minimum absolute atomic E-state index is 0.0168. The Labute approximate surface area is 211 Å². The monoisotopic (exact) mass is 505 g/mol. The molecule has 0 aliphatic rings. The average Bonchev–Trinajstić information content (AvgIpc) is 2.73. The Kier molecular flexibility index (Phi) is 21.6. The number of rotatable bonds is 15. The van der Waals surface area contributed by atoms with Gasteiger partial charge in [-0.3, -0.25) is 14.4 Å². The molecule has 7 N–H and O–H groups in total. The van der Waals surface area contributed by atoms with Gasteiger partial charge >= 0.3 is 11.9 Å². The fourth-order valence-corrected chi connectivity index (χ4v) is 3.62. The molecule has 35 heavy (non-hydrogen) atoms. The Hall–Kier alpha value is -2.04. The van der Waals surface area contributed by atoms with Gasteiger partial charge in [0.15, 0.2) is 0 Å². The third kappa shape index (κ3) is 23.5. The number of aldehydes is 1. The van der Waals surface area contributed by atoms with Crippen molar-refractivity contribution in [3.8, 4) is 0 Å². The molecule has 0 heterocycles. The molecule has 10 heteroatoms. The smallest absolute Gasteiger partial charge is 0.320 e. The number of nitrogens with two attached hydrogens (primary N) is 1. The molecule has 0 aromatic carbocycles. The van der Waals surface area contributed by atoms with E-state index in [1.807, 2.05) is 13.8 Å². The highest BCUT2D eigenvalue weighted by atomic mass is 16.4. The molecular formula is C25H51N3O7. The minimum atomic E-state index is -1.09. The van der Waals surface area contributed by atoms with Crippen LogP contribution >= 0.6 is 0 Å². The Bertz CT molecular complexity index is 604. The lowest BCUT2D eigenvalue weighted by Gasteiger charge is -2.30. The van der Waals surface area contributed by atoms with Crippen molar-refractivity contribution in [1.82, 2.24) is 10.6 Å². The molecule has 0 aliphatic heterocycles. The molecule has 10 nitrogen and oxygen atoms in total. The minimum Gasteiger partial charge on any atom is -0.480 e. The first-order valence-electron chi connectivity index (χ1n) is 12.3. The summed E-state index contributed by atoms with van der Waals surface area (Å²) in [5.74, 6) is -2.48. The van der Waals surface area contributed by atoms with Gasteiger partial charge in [0.05, 0.1) is 12.6 Å². The lowest BCUT2D eigenvalue weighted by molar-refractivity contribution is -0.140. The summed E-state index contributed by atoms with van der Waals surface area (Å²) in [6.07, 6.45) is 4.05. The maximum atomic E-state index is 11.7. The van der Waals surface area contributed by atoms with E-state index in [9.17, 15) is 24.3 Å². The molecule has 0 saturated carbocycles. The molecule has 0 radical (unpaired) electrons. The number of nitrogens with one attached hydrogen (secondary N) is 2. The zero-order valence-electron chi connectivity index (χ0n) is 23.0. The number of hydrogen-bond acceptors (Lipinski definition) is 7. The molecule has 3 atom stereocenters. The van der Waals surface area contributed by atoms with Crippen molar-refractivity contribution in [2.45, 2.75) is 112 Å². The van der Waals surface area contributed by atoms with Crippen molar-refractivity contribution in [3.63, 3.8) is 0 Å². The predicted molar refractivity (Wildman–Crippen MR) is 138 cm³/mol. The number of carbonyl (C=O) groups excluding carboxylic acids is 2. The molecule has 0 aromatic rings. The summed E-state index contributed by atoms with van der Waals surface area (Å²) in [5, 5.41) is 31.8. The second-order valence-electron chi connectivity index (χ2n) is 10.3. The number of hydrogen-bond donors (Lipinski definition) is 6. The van der Waals surface area contributed by atoms with Gasteiger partial charge in [0.25, 0.3) is 0 Å². The third-order valence-electron chi connectivity index (χ3n) is 4.92. The maximum absolute atomic E-state index is 11.7. The zero-order chi connectivity index (χ0) is 28.2. The van der Waals surface area contributed by atoms with Crippen LogP contribution in [0.3, 0.4) is 0 Å². The number of aliphatic hydroxyl groups excluding tert-OH is 1. The first-order valence-corrected chi connectivity index (χ1v) is 12.3. The molecule has 208 valence electrons. The van der Waals surface area contributed by atoms with Crippen LogP contribution in [0.25, 0.3) is 0 Å². The summed E-state index contributed by atoms with van der Waals surface area (Å²) in [5.41, 5.74) is 5.85. The number of carboxylic acid groups (broad SMARTS) is 2. The van der Waals surface area contributed by atoms with Crippen LogP contribution in [-0.2, 0) is 19.2 Å². The van der Waals surface area contributed by atoms with E-state index in [1.54, 1.807) is 0 Å². The van der Waals surface area contributed by atoms with Gasteiger partial charge in [0.2, 0.25) is 5.91 Å². The topological polar surface area (TPSA) is 179 Å². The first kappa shape index (κ1) is 37.5. The molecule has 0 spiro atoms. The van der Waals surface area contributed by atoms with Crippen molar-refractivity contribution in [1.29, 1.82) is 0 Å². The molecule has 0 aliphatic carbocycles. The molecule has 0 aromatic heterocycles. The summed E-state index contributed by atoms with van der Waals surface area (Å²) < 4.78 is 0. The van der Waals surface area contributed by atoms with E-state index in [4.69, 9.17) is 15.9 Å². The SMILES string of the molecule is CC.CC(C)(C)CC(C)(C)CC=O.CNC(CCC(=O)NC(CO)CCCC(N)C(=O)O)C(=O)O. The van der Waals surface area contributed by atoms with Crippen molar-refractivity contribution in [2.24, 2.45) is 16.6 Å². The van der Waals surface area contributed by atoms with Crippen LogP contribution < -0.4 is 16.4 Å². The van der Waals surface area contributed by atoms with Crippen molar-refractivity contribution < 1.29 is 34.5 Å². The van der Waals surface area contributed by atoms with Crippen LogP contribution in [0.5, 0.6) is 0 Å². The van der Waals surface area contributed by atoms with Crippen LogP contribution in [0.4, 0.5) is 0 Å². The van der Waals surface area contributed by atoms with Crippen molar-refractivity contribution >= 4 is 24.1 Å². The highest BCUT2D eigenvalue weighted by Crippen LogP contribution is 2.34. The second-order valence-corrected chi connectivity index (χ2v) is 10.3. The highest BCUT2D eigenvalue weighted by molar-refractivity contribution is 5.78. The van der Waals surface area contributed by atoms with E-state index in [-0.39, 0.29) is 37.2 Å². The molecule has 3 unspecified atom stereocenters. The van der Waals surface area contributed by atoms with E-state index >= 15 is 0 Å². The predicted octanol–water partition coefficient (Wildman–Crippen LogP) is 2.56. The fraction of sp³-hybridized carbons (Fsp3) is 0.840. The third-order valence-corrected chi connectivity index (χ3v) is 4.92. The van der Waals surface area contributed by atoms with E-state index in [1.165, 1.54) is 7.05 Å². The summed E-state index contributed by atoms with van der Waals surface area (Å²) in [6.45, 7) is 14.6. The average molecular weight is 506 g/mol. The van der Waals surface area contributed by atoms with E-state index < -0.39 is 30.1 Å². The number of carboxylic acids is 2. The van der Waals surface area contributed by atoms with Gasteiger partial charge in [-0.2, -0.15) is 0 Å². The Morgan fingerprint density at radius 1 is 0.971 bits per heavy atom. The molecule has 0 fully saturated rings. The highest BCUT2D eigenvalue weighted by Gasteiger charge is 2.24. The molecule has 1 amide bonds. The lowest BCUT2D eigenvalue weighted by atomic mass is 9.75. The Morgan fingerprint density at radius 3 is 1.89 bits per heavy atom. The van der Waals surface area contributed by atoms with E-state index in [0.717, 1.165) is 12.7 Å². The molecule has 0 bridgehead atoms. The van der Waals surface area contributed by atoms with Gasteiger partial charge in [0.1, 0.15) is 18.4 Å². The standard InChI is InChI=1S/C13H25N3O6.C10H20O.C2H6/c1-15-10(13(21)22)5-6-11(18)16-8(7-17)3-2-4-9(14)12(19)20;1-9(2,3)8-10(4,5)6-7-11;1-2/h8-10,15,17H,2-7,14H2,1H3,(H,16,18)(H,19,20)(H,21,22);7H,6,8H2,1-5H3;1-2H3. The van der Waals surface area contributed by atoms with Crippen molar-refractivity contribution in [3.05, 3.63) is 0 Å². The van der Waals surface area contributed by atoms with E-state index in [0.29, 0.717) is 24.7 Å². The van der Waals surface area contributed by atoms with Crippen LogP contribution in [0.2, 0.25) is 0 Å². The van der Waals surface area contributed by atoms with Crippen molar-refractivity contribution in [2.75, 3.05) is 13.7 Å². The fourth-order valence-electron chi connectivity index (χ4n) is 3.62. The summed E-state index contributed by atoms with van der Waals surface area (Å²) >= 11 is 0. The van der Waals surface area contributed by atoms with Gasteiger partial charge in [-0.25, -0.2) is 0 Å². The zero-order valence-corrected chi connectivity index (χ0v) is 23.0. The van der Waals surface area contributed by atoms with Gasteiger partial charge < -0.3 is 36.5 Å². The van der Waals surface area contributed by atoms with Gasteiger partial charge in [-0.05, 0) is 50.0 Å². The summed E-state index contributed by atoms with van der Waals surface area (Å²) in [6, 6.07) is -2.25. The number of carbonyl (C=O) groups is 4. The number of likely N-dealkylation sites (N-methyl/N-ethyl adjacent to an activating group) is 1. The molecule has 0 saturated heterocycles. The number of aliphatic carboxylic acids is 2. The quantitative estimate of drug-likeness (QED) is 0.182. The first-order chi connectivity index (χ1) is 16.1. The second kappa shape index (κ2) is 20.2. The van der Waals surface area contributed by atoms with Gasteiger partial charge in [-0.1, -0.05) is 48.5 Å². The lowest BCUT2D eigenvalue weighted by Crippen LogP contribution is -2.40. The van der Waals surface area contributed by atoms with Gasteiger partial charge in [-0.15, -0.1) is 0 Å². The summed E-state index contributed by atoms with van der Waals surface area (Å²) in [7, 11) is 1.50. The Morgan fingerprint density at radius 2 is 1.51 bits per heavy atom. The van der Waals surface area contributed by atoms with Crippen LogP contribution in [0, 0.1) is 10.8 Å².